The van der Waals surface area contributed by atoms with Gasteiger partial charge in [-0.1, -0.05) is 6.07 Å². The number of hydrogen-bond acceptors (Lipinski definition) is 5. The summed E-state index contributed by atoms with van der Waals surface area (Å²) in [6.07, 6.45) is 0. The van der Waals surface area contributed by atoms with Gasteiger partial charge in [-0.3, -0.25) is 4.90 Å². The van der Waals surface area contributed by atoms with Crippen LogP contribution in [0, 0.1) is 11.3 Å². The van der Waals surface area contributed by atoms with Crippen LogP contribution in [0.5, 0.6) is 5.75 Å². The van der Waals surface area contributed by atoms with E-state index in [2.05, 4.69) is 17.9 Å². The van der Waals surface area contributed by atoms with E-state index in [1.165, 1.54) is 0 Å². The Balaban J connectivity index is 2.46. The molecule has 5 heteroatoms. The summed E-state index contributed by atoms with van der Waals surface area (Å²) in [7, 11) is 3.40. The highest BCUT2D eigenvalue weighted by Crippen LogP contribution is 2.12. The van der Waals surface area contributed by atoms with Crippen molar-refractivity contribution in [1.82, 2.24) is 4.90 Å². The number of ether oxygens (including phenoxy) is 3. The SMILES string of the molecule is COCCN(CCOc1cccc(C#N)c1)C(C)COC. The summed E-state index contributed by atoms with van der Waals surface area (Å²) < 4.78 is 16.0. The Hall–Kier alpha value is -1.61. The smallest absolute Gasteiger partial charge is 0.120 e. The van der Waals surface area contributed by atoms with E-state index in [0.29, 0.717) is 31.4 Å². The van der Waals surface area contributed by atoms with Crippen molar-refractivity contribution in [2.24, 2.45) is 0 Å². The fourth-order valence-electron chi connectivity index (χ4n) is 2.04. The average Bonchev–Trinajstić information content (AvgIpc) is 2.51. The third-order valence-corrected chi connectivity index (χ3v) is 3.22. The average molecular weight is 292 g/mol. The molecule has 0 bridgehead atoms. The summed E-state index contributed by atoms with van der Waals surface area (Å²) >= 11 is 0. The predicted molar refractivity (Wildman–Crippen MR) is 81.4 cm³/mol. The monoisotopic (exact) mass is 292 g/mol. The van der Waals surface area contributed by atoms with Gasteiger partial charge in [-0.05, 0) is 25.1 Å². The van der Waals surface area contributed by atoms with Crippen molar-refractivity contribution >= 4 is 0 Å². The van der Waals surface area contributed by atoms with Crippen LogP contribution in [0.15, 0.2) is 24.3 Å². The molecule has 0 spiro atoms. The van der Waals surface area contributed by atoms with Crippen LogP contribution in [-0.4, -0.2) is 58.1 Å². The Morgan fingerprint density at radius 1 is 1.19 bits per heavy atom. The van der Waals surface area contributed by atoms with Gasteiger partial charge in [0.15, 0.2) is 0 Å². The predicted octanol–water partition coefficient (Wildman–Crippen LogP) is 1.92. The molecule has 0 aliphatic heterocycles. The molecule has 0 radical (unpaired) electrons. The van der Waals surface area contributed by atoms with E-state index in [1.54, 1.807) is 26.4 Å². The van der Waals surface area contributed by atoms with E-state index in [1.807, 2.05) is 12.1 Å². The molecule has 0 fully saturated rings. The van der Waals surface area contributed by atoms with Crippen molar-refractivity contribution in [3.05, 3.63) is 29.8 Å². The maximum Gasteiger partial charge on any atom is 0.120 e. The van der Waals surface area contributed by atoms with Crippen LogP contribution in [0.1, 0.15) is 12.5 Å². The first-order chi connectivity index (χ1) is 10.2. The molecule has 0 amide bonds. The number of methoxy groups -OCH3 is 2. The molecule has 0 saturated carbocycles. The van der Waals surface area contributed by atoms with Crippen LogP contribution < -0.4 is 4.74 Å². The van der Waals surface area contributed by atoms with Gasteiger partial charge in [-0.15, -0.1) is 0 Å². The molecule has 5 nitrogen and oxygen atoms in total. The second-order valence-corrected chi connectivity index (χ2v) is 4.82. The summed E-state index contributed by atoms with van der Waals surface area (Å²) in [4.78, 5) is 2.27. The van der Waals surface area contributed by atoms with Gasteiger partial charge in [0.1, 0.15) is 12.4 Å². The molecule has 1 atom stereocenters. The zero-order chi connectivity index (χ0) is 15.5. The summed E-state index contributed by atoms with van der Waals surface area (Å²) in [5, 5.41) is 8.86. The fourth-order valence-corrected chi connectivity index (χ4v) is 2.04. The van der Waals surface area contributed by atoms with Crippen molar-refractivity contribution in [3.8, 4) is 11.8 Å². The molecule has 1 rings (SSSR count). The highest BCUT2D eigenvalue weighted by atomic mass is 16.5. The largest absolute Gasteiger partial charge is 0.492 e. The molecular weight excluding hydrogens is 268 g/mol. The normalized spacial score (nSPS) is 12.1. The molecular formula is C16H24N2O3. The summed E-state index contributed by atoms with van der Waals surface area (Å²) in [6, 6.07) is 9.60. The first-order valence-corrected chi connectivity index (χ1v) is 7.06. The molecule has 1 aromatic rings. The lowest BCUT2D eigenvalue weighted by atomic mass is 10.2. The molecule has 21 heavy (non-hydrogen) atoms. The maximum absolute atomic E-state index is 8.86. The van der Waals surface area contributed by atoms with E-state index >= 15 is 0 Å². The molecule has 0 aliphatic carbocycles. The fraction of sp³-hybridized carbons (Fsp3) is 0.562. The van der Waals surface area contributed by atoms with E-state index in [-0.39, 0.29) is 0 Å². The molecule has 0 N–H and O–H groups in total. The summed E-state index contributed by atoms with van der Waals surface area (Å²) in [5.74, 6) is 0.722. The van der Waals surface area contributed by atoms with Crippen molar-refractivity contribution in [1.29, 1.82) is 5.26 Å². The van der Waals surface area contributed by atoms with E-state index in [0.717, 1.165) is 18.8 Å². The standard InChI is InChI=1S/C16H24N2O3/c1-14(13-20-3)18(7-9-19-2)8-10-21-16-6-4-5-15(11-16)12-17/h4-6,11,14H,7-10,13H2,1-3H3. The topological polar surface area (TPSA) is 54.7 Å². The van der Waals surface area contributed by atoms with Gasteiger partial charge in [0.05, 0.1) is 24.8 Å². The van der Waals surface area contributed by atoms with E-state index in [4.69, 9.17) is 19.5 Å². The number of nitrogens with zero attached hydrogens (tertiary/aromatic N) is 2. The van der Waals surface area contributed by atoms with Gasteiger partial charge in [-0.25, -0.2) is 0 Å². The third kappa shape index (κ3) is 6.58. The van der Waals surface area contributed by atoms with Crippen molar-refractivity contribution in [2.45, 2.75) is 13.0 Å². The minimum Gasteiger partial charge on any atom is -0.492 e. The molecule has 1 aromatic carbocycles. The second kappa shape index (κ2) is 10.2. The Bertz CT molecular complexity index is 445. The van der Waals surface area contributed by atoms with E-state index in [9.17, 15) is 0 Å². The van der Waals surface area contributed by atoms with Gasteiger partial charge in [0.25, 0.3) is 0 Å². The van der Waals surface area contributed by atoms with Gasteiger partial charge in [0.2, 0.25) is 0 Å². The lowest BCUT2D eigenvalue weighted by Gasteiger charge is -2.28. The van der Waals surface area contributed by atoms with Crippen LogP contribution in [0.25, 0.3) is 0 Å². The molecule has 116 valence electrons. The van der Waals surface area contributed by atoms with Crippen LogP contribution in [0.3, 0.4) is 0 Å². The van der Waals surface area contributed by atoms with Crippen LogP contribution in [0.2, 0.25) is 0 Å². The third-order valence-electron chi connectivity index (χ3n) is 3.22. The zero-order valence-electron chi connectivity index (χ0n) is 13.0. The second-order valence-electron chi connectivity index (χ2n) is 4.82. The van der Waals surface area contributed by atoms with Gasteiger partial charge < -0.3 is 14.2 Å². The van der Waals surface area contributed by atoms with Crippen molar-refractivity contribution in [2.75, 3.05) is 47.1 Å². The molecule has 0 saturated heterocycles. The highest BCUT2D eigenvalue weighted by molar-refractivity contribution is 5.36. The van der Waals surface area contributed by atoms with Crippen LogP contribution in [-0.2, 0) is 9.47 Å². The van der Waals surface area contributed by atoms with Crippen LogP contribution in [0.4, 0.5) is 0 Å². The number of rotatable bonds is 10. The Labute approximate surface area is 127 Å². The minimum absolute atomic E-state index is 0.305. The summed E-state index contributed by atoms with van der Waals surface area (Å²) in [5.41, 5.74) is 0.608. The van der Waals surface area contributed by atoms with Crippen LogP contribution >= 0.6 is 0 Å². The molecule has 0 aromatic heterocycles. The maximum atomic E-state index is 8.86. The first-order valence-electron chi connectivity index (χ1n) is 7.06. The van der Waals surface area contributed by atoms with Gasteiger partial charge in [-0.2, -0.15) is 5.26 Å². The number of benzene rings is 1. The highest BCUT2D eigenvalue weighted by Gasteiger charge is 2.13. The molecule has 0 heterocycles. The molecule has 0 aliphatic rings. The quantitative estimate of drug-likeness (QED) is 0.659. The minimum atomic E-state index is 0.305. The number of nitriles is 1. The van der Waals surface area contributed by atoms with E-state index < -0.39 is 0 Å². The number of hydrogen-bond donors (Lipinski definition) is 0. The Kier molecular flexibility index (Phi) is 8.44. The Morgan fingerprint density at radius 2 is 1.95 bits per heavy atom. The summed E-state index contributed by atoms with van der Waals surface area (Å²) in [6.45, 7) is 5.65. The first kappa shape index (κ1) is 17.4. The lowest BCUT2D eigenvalue weighted by molar-refractivity contribution is 0.0661. The Morgan fingerprint density at radius 3 is 2.62 bits per heavy atom. The lowest BCUT2D eigenvalue weighted by Crippen LogP contribution is -2.41. The molecule has 1 unspecified atom stereocenters. The van der Waals surface area contributed by atoms with Crippen molar-refractivity contribution < 1.29 is 14.2 Å². The van der Waals surface area contributed by atoms with Gasteiger partial charge in [0, 0.05) is 33.4 Å². The zero-order valence-corrected chi connectivity index (χ0v) is 13.0. The van der Waals surface area contributed by atoms with Gasteiger partial charge >= 0.3 is 0 Å². The van der Waals surface area contributed by atoms with Crippen molar-refractivity contribution in [3.63, 3.8) is 0 Å².